The van der Waals surface area contributed by atoms with Crippen LogP contribution in [0.3, 0.4) is 0 Å². The summed E-state index contributed by atoms with van der Waals surface area (Å²) in [7, 11) is 0. The first-order chi connectivity index (χ1) is 20.3. The molecule has 3 aliphatic rings. The van der Waals surface area contributed by atoms with Gasteiger partial charge in [-0.3, -0.25) is 19.1 Å². The maximum Gasteiger partial charge on any atom is 0.416 e. The van der Waals surface area contributed by atoms with Crippen molar-refractivity contribution in [2.75, 3.05) is 26.2 Å². The van der Waals surface area contributed by atoms with Crippen LogP contribution in [-0.4, -0.2) is 65.8 Å². The average molecular weight is 669 g/mol. The number of rotatable bonds is 7. The number of hydrogen-bond donors (Lipinski definition) is 2. The molecule has 2 saturated heterocycles. The predicted octanol–water partition coefficient (Wildman–Crippen LogP) is 6.71. The molecule has 7 nitrogen and oxygen atoms in total. The number of carbonyl (C=O) groups is 3. The van der Waals surface area contributed by atoms with Gasteiger partial charge in [-0.15, -0.1) is 11.3 Å². The van der Waals surface area contributed by atoms with Gasteiger partial charge < -0.3 is 15.1 Å². The minimum absolute atomic E-state index is 0. The lowest BCUT2D eigenvalue weighted by atomic mass is 9.86. The number of likely N-dealkylation sites (tertiary alicyclic amines) is 2. The van der Waals surface area contributed by atoms with Crippen LogP contribution >= 0.6 is 34.9 Å². The molecule has 13 heteroatoms. The van der Waals surface area contributed by atoms with Crippen LogP contribution in [0, 0.1) is 11.3 Å². The molecule has 0 radical (unpaired) electrons. The Hall–Kier alpha value is -2.80. The molecular weight excluding hydrogens is 633 g/mol. The second-order valence-electron chi connectivity index (χ2n) is 11.7. The van der Waals surface area contributed by atoms with Crippen LogP contribution in [0.15, 0.2) is 53.4 Å². The number of amides is 3. The molecule has 2 unspecified atom stereocenters. The van der Waals surface area contributed by atoms with Gasteiger partial charge in [0.2, 0.25) is 11.8 Å². The van der Waals surface area contributed by atoms with Crippen molar-refractivity contribution in [3.63, 3.8) is 0 Å². The van der Waals surface area contributed by atoms with Crippen molar-refractivity contribution in [1.29, 1.82) is 0 Å². The van der Waals surface area contributed by atoms with Gasteiger partial charge in [0, 0.05) is 34.1 Å². The number of nitrogens with one attached hydrogen (secondary N) is 2. The summed E-state index contributed by atoms with van der Waals surface area (Å²) in [6.45, 7) is 7.24. The van der Waals surface area contributed by atoms with E-state index in [1.807, 2.05) is 30.3 Å². The molecule has 44 heavy (non-hydrogen) atoms. The van der Waals surface area contributed by atoms with Gasteiger partial charge in [0.15, 0.2) is 0 Å². The summed E-state index contributed by atoms with van der Waals surface area (Å²) in [5.74, 6) is 0.165. The molecule has 1 saturated carbocycles. The van der Waals surface area contributed by atoms with Crippen LogP contribution < -0.4 is 10.0 Å². The predicted molar refractivity (Wildman–Crippen MR) is 170 cm³/mol. The molecule has 3 aromatic rings. The fourth-order valence-corrected chi connectivity index (χ4v) is 7.50. The largest absolute Gasteiger partial charge is 0.416 e. The van der Waals surface area contributed by atoms with Gasteiger partial charge in [0.05, 0.1) is 34.6 Å². The van der Waals surface area contributed by atoms with Crippen LogP contribution in [-0.2, 0) is 15.8 Å². The van der Waals surface area contributed by atoms with E-state index in [9.17, 15) is 27.6 Å². The van der Waals surface area contributed by atoms with E-state index < -0.39 is 11.7 Å². The van der Waals surface area contributed by atoms with Crippen LogP contribution in [0.2, 0.25) is 5.02 Å². The van der Waals surface area contributed by atoms with Gasteiger partial charge in [0.25, 0.3) is 5.91 Å². The Labute approximate surface area is 268 Å². The molecule has 1 spiro atoms. The molecule has 3 fully saturated rings. The molecule has 6 rings (SSSR count). The monoisotopic (exact) mass is 668 g/mol. The lowest BCUT2D eigenvalue weighted by Crippen LogP contribution is -2.62. The Morgan fingerprint density at radius 2 is 1.73 bits per heavy atom. The molecule has 1 aromatic heterocycles. The first-order valence-corrected chi connectivity index (χ1v) is 15.9. The highest BCUT2D eigenvalue weighted by atomic mass is 35.5. The standard InChI is InChI=1S/C26H22ClF3N4O3S2.C4H10.CH4/c27-16-6-5-15(26(28,29)30)8-18(16)39-32-11-23(36)34-13-25-9-20(25)33(12-21(25)34)22(35)10-31-24(37)19-7-14-3-1-2-4-17(14)38-19;1-4(2)3;/h1-8,20-21,32H,9-13H2,(H,31,37);4H,1-3H3;1H4/t20?,21-,25?;;/m0../s1. The number of halogens is 4. The van der Waals surface area contributed by atoms with E-state index in [2.05, 4.69) is 30.8 Å². The number of hydrogen-bond acceptors (Lipinski definition) is 6. The van der Waals surface area contributed by atoms with E-state index in [0.29, 0.717) is 18.0 Å². The van der Waals surface area contributed by atoms with Gasteiger partial charge in [0.1, 0.15) is 0 Å². The van der Waals surface area contributed by atoms with Crippen molar-refractivity contribution in [2.45, 2.75) is 57.8 Å². The lowest BCUT2D eigenvalue weighted by Gasteiger charge is -2.46. The van der Waals surface area contributed by atoms with Crippen LogP contribution in [0.1, 0.15) is 49.9 Å². The summed E-state index contributed by atoms with van der Waals surface area (Å²) in [6.07, 6.45) is -3.67. The number of piperidine rings is 1. The highest BCUT2D eigenvalue weighted by Crippen LogP contribution is 2.64. The highest BCUT2D eigenvalue weighted by Gasteiger charge is 2.75. The molecule has 238 valence electrons. The maximum absolute atomic E-state index is 13.0. The van der Waals surface area contributed by atoms with Gasteiger partial charge in [-0.25, -0.2) is 0 Å². The van der Waals surface area contributed by atoms with Crippen LogP contribution in [0.25, 0.3) is 10.1 Å². The van der Waals surface area contributed by atoms with Crippen molar-refractivity contribution in [3.05, 3.63) is 64.0 Å². The second kappa shape index (κ2) is 13.3. The average Bonchev–Trinajstić information content (AvgIpc) is 3.44. The fraction of sp³-hybridized carbons (Fsp3) is 0.452. The molecule has 3 amide bonds. The Balaban J connectivity index is 0.000000834. The van der Waals surface area contributed by atoms with Gasteiger partial charge in [-0.2, -0.15) is 13.2 Å². The van der Waals surface area contributed by atoms with Crippen molar-refractivity contribution < 1.29 is 27.6 Å². The molecular formula is C31H36ClF3N4O3S2. The van der Waals surface area contributed by atoms with E-state index in [0.717, 1.165) is 46.5 Å². The van der Waals surface area contributed by atoms with Gasteiger partial charge >= 0.3 is 6.18 Å². The maximum atomic E-state index is 13.0. The highest BCUT2D eigenvalue weighted by molar-refractivity contribution is 7.97. The quantitative estimate of drug-likeness (QED) is 0.274. The third kappa shape index (κ3) is 7.03. The van der Waals surface area contributed by atoms with E-state index >= 15 is 0 Å². The van der Waals surface area contributed by atoms with Crippen molar-refractivity contribution >= 4 is 62.7 Å². The summed E-state index contributed by atoms with van der Waals surface area (Å²) in [4.78, 5) is 42.6. The normalized spacial score (nSPS) is 21.5. The first kappa shape index (κ1) is 34.1. The Morgan fingerprint density at radius 3 is 2.41 bits per heavy atom. The third-order valence-electron chi connectivity index (χ3n) is 7.68. The molecule has 1 aliphatic carbocycles. The topological polar surface area (TPSA) is 81.8 Å². The van der Waals surface area contributed by atoms with E-state index in [1.54, 1.807) is 9.80 Å². The summed E-state index contributed by atoms with van der Waals surface area (Å²) in [6, 6.07) is 12.5. The smallest absolute Gasteiger partial charge is 0.342 e. The summed E-state index contributed by atoms with van der Waals surface area (Å²) < 4.78 is 42.8. The fourth-order valence-electron chi connectivity index (χ4n) is 5.59. The third-order valence-corrected chi connectivity index (χ3v) is 10.1. The SMILES string of the molecule is C.CC(C)C.O=C(NCC(=O)N1C[C@@H]2N(C(=O)CNSc3cc(C(F)(F)F)ccc3Cl)CC23CC13)c1cc2ccccc2s1. The molecule has 2 aliphatic heterocycles. The van der Waals surface area contributed by atoms with Crippen LogP contribution in [0.4, 0.5) is 13.2 Å². The Kier molecular flexibility index (Phi) is 10.3. The number of alkyl halides is 3. The van der Waals surface area contributed by atoms with Gasteiger partial charge in [-0.05, 0) is 60.0 Å². The first-order valence-electron chi connectivity index (χ1n) is 13.9. The molecule has 2 aromatic carbocycles. The summed E-state index contributed by atoms with van der Waals surface area (Å²) in [5, 5.41) is 3.86. The van der Waals surface area contributed by atoms with Crippen LogP contribution in [0.5, 0.6) is 0 Å². The zero-order chi connectivity index (χ0) is 31.1. The van der Waals surface area contributed by atoms with Crippen molar-refractivity contribution in [3.8, 4) is 0 Å². The van der Waals surface area contributed by atoms with E-state index in [4.69, 9.17) is 11.6 Å². The molecule has 3 atom stereocenters. The zero-order valence-corrected chi connectivity index (χ0v) is 26.2. The summed E-state index contributed by atoms with van der Waals surface area (Å²) in [5.41, 5.74) is -0.902. The second-order valence-corrected chi connectivity index (χ2v) is 14.1. The molecule has 2 N–H and O–H groups in total. The lowest BCUT2D eigenvalue weighted by molar-refractivity contribution is -0.143. The summed E-state index contributed by atoms with van der Waals surface area (Å²) >= 11 is 8.26. The number of fused-ring (bicyclic) bond motifs is 1. The van der Waals surface area contributed by atoms with Crippen molar-refractivity contribution in [2.24, 2.45) is 11.3 Å². The van der Waals surface area contributed by atoms with E-state index in [-0.39, 0.29) is 65.7 Å². The van der Waals surface area contributed by atoms with E-state index in [1.165, 1.54) is 17.4 Å². The van der Waals surface area contributed by atoms with Gasteiger partial charge in [-0.1, -0.05) is 58.0 Å². The minimum atomic E-state index is -4.49. The Bertz CT molecular complexity index is 1510. The molecule has 0 bridgehead atoms. The van der Waals surface area contributed by atoms with Crippen molar-refractivity contribution in [1.82, 2.24) is 19.8 Å². The Morgan fingerprint density at radius 1 is 1.05 bits per heavy atom. The minimum Gasteiger partial charge on any atom is -0.342 e. The number of benzene rings is 2. The number of nitrogens with zero attached hydrogens (tertiary/aromatic N) is 2. The number of carbonyl (C=O) groups excluding carboxylic acids is 3. The zero-order valence-electron chi connectivity index (χ0n) is 23.8. The molecule has 3 heterocycles. The number of thiophene rings is 1.